The fourth-order valence-corrected chi connectivity index (χ4v) is 3.24. The molecule has 126 valence electrons. The van der Waals surface area contributed by atoms with E-state index in [4.69, 9.17) is 0 Å². The van der Waals surface area contributed by atoms with E-state index in [2.05, 4.69) is 16.4 Å². The number of carbonyl (C=O) groups is 2. The first kappa shape index (κ1) is 16.2. The zero-order valence-corrected chi connectivity index (χ0v) is 13.8. The molecule has 6 nitrogen and oxygen atoms in total. The molecule has 3 rings (SSSR count). The van der Waals surface area contributed by atoms with E-state index in [0.717, 1.165) is 12.0 Å². The van der Waals surface area contributed by atoms with E-state index >= 15 is 0 Å². The molecule has 0 saturated heterocycles. The Morgan fingerprint density at radius 3 is 2.92 bits per heavy atom. The summed E-state index contributed by atoms with van der Waals surface area (Å²) >= 11 is 0. The SMILES string of the molecule is CC(=O)N1CCc2ccccc2C1CC(=O)NCCn1ccnc1. The van der Waals surface area contributed by atoms with Crippen molar-refractivity contribution in [1.29, 1.82) is 0 Å². The first-order valence-electron chi connectivity index (χ1n) is 8.22. The van der Waals surface area contributed by atoms with Gasteiger partial charge in [0.1, 0.15) is 0 Å². The number of nitrogens with one attached hydrogen (secondary N) is 1. The van der Waals surface area contributed by atoms with Gasteiger partial charge in [-0.25, -0.2) is 4.98 Å². The molecule has 1 N–H and O–H groups in total. The van der Waals surface area contributed by atoms with Gasteiger partial charge in [-0.2, -0.15) is 0 Å². The number of fused-ring (bicyclic) bond motifs is 1. The summed E-state index contributed by atoms with van der Waals surface area (Å²) in [5.74, 6) is -0.0243. The molecule has 1 aromatic heterocycles. The van der Waals surface area contributed by atoms with Crippen molar-refractivity contribution in [3.63, 3.8) is 0 Å². The lowest BCUT2D eigenvalue weighted by Gasteiger charge is -2.36. The molecule has 2 aromatic rings. The average Bonchev–Trinajstić information content (AvgIpc) is 3.08. The van der Waals surface area contributed by atoms with Gasteiger partial charge in [0.2, 0.25) is 11.8 Å². The molecule has 0 radical (unpaired) electrons. The minimum Gasteiger partial charge on any atom is -0.354 e. The molecule has 2 amide bonds. The highest BCUT2D eigenvalue weighted by Gasteiger charge is 2.30. The summed E-state index contributed by atoms with van der Waals surface area (Å²) < 4.78 is 1.91. The Kier molecular flexibility index (Phi) is 4.93. The van der Waals surface area contributed by atoms with Crippen LogP contribution >= 0.6 is 0 Å². The predicted octanol–water partition coefficient (Wildman–Crippen LogP) is 1.54. The Morgan fingerprint density at radius 1 is 1.33 bits per heavy atom. The Balaban J connectivity index is 1.64. The summed E-state index contributed by atoms with van der Waals surface area (Å²) in [6.07, 6.45) is 6.43. The Morgan fingerprint density at radius 2 is 2.17 bits per heavy atom. The summed E-state index contributed by atoms with van der Waals surface area (Å²) in [5, 5.41) is 2.93. The van der Waals surface area contributed by atoms with Crippen molar-refractivity contribution >= 4 is 11.8 Å². The van der Waals surface area contributed by atoms with Crippen LogP contribution in [0.2, 0.25) is 0 Å². The molecule has 0 spiro atoms. The molecule has 0 saturated carbocycles. The van der Waals surface area contributed by atoms with Gasteiger partial charge in [-0.3, -0.25) is 9.59 Å². The maximum atomic E-state index is 12.3. The Bertz CT molecular complexity index is 712. The molecule has 1 aliphatic rings. The van der Waals surface area contributed by atoms with E-state index in [1.807, 2.05) is 29.0 Å². The lowest BCUT2D eigenvalue weighted by molar-refractivity contribution is -0.133. The minimum atomic E-state index is -0.180. The smallest absolute Gasteiger partial charge is 0.222 e. The van der Waals surface area contributed by atoms with Crippen LogP contribution in [0.3, 0.4) is 0 Å². The van der Waals surface area contributed by atoms with Gasteiger partial charge in [0.15, 0.2) is 0 Å². The molecular formula is C18H22N4O2. The van der Waals surface area contributed by atoms with Crippen LogP contribution in [0.4, 0.5) is 0 Å². The molecule has 1 aliphatic heterocycles. The van der Waals surface area contributed by atoms with Crippen molar-refractivity contribution < 1.29 is 9.59 Å². The standard InChI is InChI=1S/C18H22N4O2/c1-14(23)22-9-6-15-4-2-3-5-16(15)17(22)12-18(24)20-8-11-21-10-7-19-13-21/h2-5,7,10,13,17H,6,8-9,11-12H2,1H3,(H,20,24). The molecule has 24 heavy (non-hydrogen) atoms. The Labute approximate surface area is 141 Å². The lowest BCUT2D eigenvalue weighted by atomic mass is 9.90. The number of rotatable bonds is 5. The van der Waals surface area contributed by atoms with Crippen molar-refractivity contribution in [3.05, 3.63) is 54.1 Å². The van der Waals surface area contributed by atoms with Crippen molar-refractivity contribution in [1.82, 2.24) is 19.8 Å². The normalized spacial score (nSPS) is 16.5. The summed E-state index contributed by atoms with van der Waals surface area (Å²) in [6.45, 7) is 3.46. The zero-order chi connectivity index (χ0) is 16.9. The number of amides is 2. The molecule has 2 heterocycles. The van der Waals surface area contributed by atoms with E-state index in [1.54, 1.807) is 24.3 Å². The summed E-state index contributed by atoms with van der Waals surface area (Å²) in [5.41, 5.74) is 2.31. The van der Waals surface area contributed by atoms with Gasteiger partial charge in [0, 0.05) is 39.0 Å². The van der Waals surface area contributed by atoms with Crippen LogP contribution < -0.4 is 5.32 Å². The molecule has 1 unspecified atom stereocenters. The van der Waals surface area contributed by atoms with Gasteiger partial charge >= 0.3 is 0 Å². The minimum absolute atomic E-state index is 0.0146. The Hall–Kier alpha value is -2.63. The van der Waals surface area contributed by atoms with E-state index in [9.17, 15) is 9.59 Å². The van der Waals surface area contributed by atoms with Crippen molar-refractivity contribution in [2.24, 2.45) is 0 Å². The number of hydrogen-bond acceptors (Lipinski definition) is 3. The van der Waals surface area contributed by atoms with E-state index in [-0.39, 0.29) is 17.9 Å². The molecule has 1 aromatic carbocycles. The van der Waals surface area contributed by atoms with Crippen LogP contribution in [0.15, 0.2) is 43.0 Å². The lowest BCUT2D eigenvalue weighted by Crippen LogP contribution is -2.41. The number of carbonyl (C=O) groups excluding carboxylic acids is 2. The van der Waals surface area contributed by atoms with Gasteiger partial charge in [-0.15, -0.1) is 0 Å². The topological polar surface area (TPSA) is 67.2 Å². The second-order valence-corrected chi connectivity index (χ2v) is 6.03. The second-order valence-electron chi connectivity index (χ2n) is 6.03. The predicted molar refractivity (Wildman–Crippen MR) is 90.1 cm³/mol. The average molecular weight is 326 g/mol. The van der Waals surface area contributed by atoms with Crippen LogP contribution in [0.25, 0.3) is 0 Å². The fraction of sp³-hybridized carbons (Fsp3) is 0.389. The summed E-state index contributed by atoms with van der Waals surface area (Å²) in [6, 6.07) is 7.89. The third kappa shape index (κ3) is 3.64. The quantitative estimate of drug-likeness (QED) is 0.906. The molecule has 0 bridgehead atoms. The van der Waals surface area contributed by atoms with Gasteiger partial charge in [0.25, 0.3) is 0 Å². The van der Waals surface area contributed by atoms with E-state index in [0.29, 0.717) is 26.1 Å². The van der Waals surface area contributed by atoms with Gasteiger partial charge in [-0.1, -0.05) is 24.3 Å². The van der Waals surface area contributed by atoms with Crippen molar-refractivity contribution in [2.75, 3.05) is 13.1 Å². The zero-order valence-electron chi connectivity index (χ0n) is 13.8. The third-order valence-corrected chi connectivity index (χ3v) is 4.45. The monoisotopic (exact) mass is 326 g/mol. The fourth-order valence-electron chi connectivity index (χ4n) is 3.24. The van der Waals surface area contributed by atoms with Gasteiger partial charge < -0.3 is 14.8 Å². The first-order valence-corrected chi connectivity index (χ1v) is 8.22. The van der Waals surface area contributed by atoms with E-state index < -0.39 is 0 Å². The third-order valence-electron chi connectivity index (χ3n) is 4.45. The number of nitrogens with zero attached hydrogens (tertiary/aromatic N) is 3. The van der Waals surface area contributed by atoms with E-state index in [1.165, 1.54) is 5.56 Å². The van der Waals surface area contributed by atoms with Crippen LogP contribution in [0, 0.1) is 0 Å². The number of benzene rings is 1. The van der Waals surface area contributed by atoms with Crippen LogP contribution in [-0.2, 0) is 22.6 Å². The molecule has 0 fully saturated rings. The van der Waals surface area contributed by atoms with Crippen molar-refractivity contribution in [3.8, 4) is 0 Å². The van der Waals surface area contributed by atoms with Crippen LogP contribution in [-0.4, -0.2) is 39.4 Å². The van der Waals surface area contributed by atoms with Crippen LogP contribution in [0.1, 0.15) is 30.5 Å². The molecule has 6 heteroatoms. The highest BCUT2D eigenvalue weighted by molar-refractivity contribution is 5.79. The summed E-state index contributed by atoms with van der Waals surface area (Å²) in [7, 11) is 0. The second kappa shape index (κ2) is 7.29. The number of aromatic nitrogens is 2. The van der Waals surface area contributed by atoms with Crippen molar-refractivity contribution in [2.45, 2.75) is 32.4 Å². The van der Waals surface area contributed by atoms with Gasteiger partial charge in [0.05, 0.1) is 18.8 Å². The highest BCUT2D eigenvalue weighted by atomic mass is 16.2. The largest absolute Gasteiger partial charge is 0.354 e. The number of imidazole rings is 1. The van der Waals surface area contributed by atoms with Crippen LogP contribution in [0.5, 0.6) is 0 Å². The summed E-state index contributed by atoms with van der Waals surface area (Å²) in [4.78, 5) is 30.1. The maximum absolute atomic E-state index is 12.3. The molecule has 0 aliphatic carbocycles. The maximum Gasteiger partial charge on any atom is 0.222 e. The number of hydrogen-bond donors (Lipinski definition) is 1. The van der Waals surface area contributed by atoms with Gasteiger partial charge in [-0.05, 0) is 17.5 Å². The first-order chi connectivity index (χ1) is 11.6. The molecule has 1 atom stereocenters. The molecular weight excluding hydrogens is 304 g/mol. The highest BCUT2D eigenvalue weighted by Crippen LogP contribution is 2.32.